The number of nitro groups is 1. The summed E-state index contributed by atoms with van der Waals surface area (Å²) in [5, 5.41) is 10.7. The number of halogens is 2. The lowest BCUT2D eigenvalue weighted by atomic mass is 10.1. The van der Waals surface area contributed by atoms with Crippen molar-refractivity contribution in [1.82, 2.24) is 9.80 Å². The number of carbonyl (C=O) groups excluding carboxylic acids is 1. The number of carbonyl (C=O) groups is 1. The first-order valence-corrected chi connectivity index (χ1v) is 9.69. The fourth-order valence-corrected chi connectivity index (χ4v) is 3.64. The molecule has 1 fully saturated rings. The van der Waals surface area contributed by atoms with Crippen molar-refractivity contribution in [2.24, 2.45) is 0 Å². The van der Waals surface area contributed by atoms with Gasteiger partial charge in [0.2, 0.25) is 6.79 Å². The molecular formula is C21H25Cl2N3O5. The van der Waals surface area contributed by atoms with Crippen LogP contribution >= 0.6 is 24.8 Å². The largest absolute Gasteiger partial charge is 0.454 e. The summed E-state index contributed by atoms with van der Waals surface area (Å²) in [4.78, 5) is 27.3. The molecule has 10 heteroatoms. The molecule has 2 aliphatic heterocycles. The monoisotopic (exact) mass is 469 g/mol. The number of rotatable bonds is 7. The predicted molar refractivity (Wildman–Crippen MR) is 121 cm³/mol. The summed E-state index contributed by atoms with van der Waals surface area (Å²) in [5.41, 5.74) is 1.73. The van der Waals surface area contributed by atoms with Gasteiger partial charge in [0, 0.05) is 63.4 Å². The molecule has 0 radical (unpaired) electrons. The van der Waals surface area contributed by atoms with E-state index in [-0.39, 0.29) is 43.1 Å². The molecule has 8 nitrogen and oxygen atoms in total. The Morgan fingerprint density at radius 1 is 0.935 bits per heavy atom. The molecule has 0 amide bonds. The van der Waals surface area contributed by atoms with E-state index < -0.39 is 4.92 Å². The number of hydrogen-bond donors (Lipinski definition) is 0. The van der Waals surface area contributed by atoms with Crippen molar-refractivity contribution >= 4 is 36.3 Å². The molecule has 2 aliphatic rings. The topological polar surface area (TPSA) is 85.2 Å². The van der Waals surface area contributed by atoms with Crippen LogP contribution in [-0.4, -0.2) is 60.0 Å². The second kappa shape index (κ2) is 11.3. The van der Waals surface area contributed by atoms with E-state index in [1.165, 1.54) is 29.8 Å². The van der Waals surface area contributed by atoms with Gasteiger partial charge < -0.3 is 14.4 Å². The van der Waals surface area contributed by atoms with Gasteiger partial charge >= 0.3 is 0 Å². The van der Waals surface area contributed by atoms with Crippen molar-refractivity contribution in [2.45, 2.75) is 13.0 Å². The van der Waals surface area contributed by atoms with Gasteiger partial charge in [-0.2, -0.15) is 0 Å². The first-order valence-electron chi connectivity index (χ1n) is 9.69. The Morgan fingerprint density at radius 2 is 1.58 bits per heavy atom. The maximum atomic E-state index is 12.3. The first kappa shape index (κ1) is 24.9. The van der Waals surface area contributed by atoms with Crippen LogP contribution < -0.4 is 9.47 Å². The molecule has 2 aromatic rings. The van der Waals surface area contributed by atoms with E-state index in [0.717, 1.165) is 44.2 Å². The number of benzene rings is 2. The van der Waals surface area contributed by atoms with Crippen LogP contribution in [0.15, 0.2) is 42.5 Å². The van der Waals surface area contributed by atoms with Crippen molar-refractivity contribution < 1.29 is 19.2 Å². The molecule has 0 N–H and O–H groups in total. The van der Waals surface area contributed by atoms with E-state index in [1.54, 1.807) is 0 Å². The summed E-state index contributed by atoms with van der Waals surface area (Å²) in [6.07, 6.45) is 0.417. The number of ketones is 1. The normalized spacial score (nSPS) is 15.6. The number of non-ortho nitro benzene ring substituents is 1. The Labute approximate surface area is 193 Å². The number of hydrogen-bond acceptors (Lipinski definition) is 7. The fourth-order valence-electron chi connectivity index (χ4n) is 3.64. The molecule has 0 atom stereocenters. The van der Waals surface area contributed by atoms with E-state index in [0.29, 0.717) is 18.5 Å². The van der Waals surface area contributed by atoms with Crippen LogP contribution in [-0.2, 0) is 6.54 Å². The molecule has 2 aromatic carbocycles. The van der Waals surface area contributed by atoms with Gasteiger partial charge in [-0.1, -0.05) is 6.07 Å². The van der Waals surface area contributed by atoms with Gasteiger partial charge in [0.25, 0.3) is 5.69 Å². The minimum absolute atomic E-state index is 0. The van der Waals surface area contributed by atoms with Gasteiger partial charge in [-0.15, -0.1) is 24.8 Å². The van der Waals surface area contributed by atoms with Crippen molar-refractivity contribution in [3.63, 3.8) is 0 Å². The van der Waals surface area contributed by atoms with Crippen LogP contribution in [0.3, 0.4) is 0 Å². The number of Topliss-reactive ketones (excluding diaryl/α,β-unsaturated/α-hetero) is 1. The molecule has 0 aromatic heterocycles. The Kier molecular flexibility index (Phi) is 9.06. The van der Waals surface area contributed by atoms with Crippen LogP contribution in [0, 0.1) is 10.1 Å². The van der Waals surface area contributed by atoms with E-state index in [2.05, 4.69) is 15.9 Å². The molecule has 0 unspecified atom stereocenters. The quantitative estimate of drug-likeness (QED) is 0.348. The zero-order valence-corrected chi connectivity index (χ0v) is 18.5. The molecule has 0 bridgehead atoms. The number of nitro benzene ring substituents is 1. The molecule has 2 heterocycles. The second-order valence-corrected chi connectivity index (χ2v) is 7.28. The van der Waals surface area contributed by atoms with Crippen molar-refractivity contribution in [3.8, 4) is 11.5 Å². The lowest BCUT2D eigenvalue weighted by Gasteiger charge is -2.34. The molecular weight excluding hydrogens is 445 g/mol. The number of fused-ring (bicyclic) bond motifs is 1. The summed E-state index contributed by atoms with van der Waals surface area (Å²) in [7, 11) is 0. The van der Waals surface area contributed by atoms with E-state index >= 15 is 0 Å². The summed E-state index contributed by atoms with van der Waals surface area (Å²) >= 11 is 0. The molecule has 31 heavy (non-hydrogen) atoms. The van der Waals surface area contributed by atoms with Crippen LogP contribution in [0.25, 0.3) is 0 Å². The zero-order valence-electron chi connectivity index (χ0n) is 16.9. The Hall–Kier alpha value is -2.39. The third kappa shape index (κ3) is 6.30. The Bertz CT molecular complexity index is 902. The average molecular weight is 470 g/mol. The third-order valence-corrected chi connectivity index (χ3v) is 5.36. The SMILES string of the molecule is Cl.Cl.O=C(CCN1CCN(Cc2ccc3c(c2)OCO3)CC1)c1ccc([N+](=O)[O-])cc1. The highest BCUT2D eigenvalue weighted by Gasteiger charge is 2.20. The summed E-state index contributed by atoms with van der Waals surface area (Å²) in [6, 6.07) is 11.9. The van der Waals surface area contributed by atoms with E-state index in [1.807, 2.05) is 12.1 Å². The molecule has 0 saturated carbocycles. The Balaban J connectivity index is 0.00000171. The van der Waals surface area contributed by atoms with Gasteiger partial charge in [0.1, 0.15) is 0 Å². The number of ether oxygens (including phenoxy) is 2. The van der Waals surface area contributed by atoms with Gasteiger partial charge in [0.15, 0.2) is 17.3 Å². The van der Waals surface area contributed by atoms with Crippen LogP contribution in [0.2, 0.25) is 0 Å². The fraction of sp³-hybridized carbons (Fsp3) is 0.381. The van der Waals surface area contributed by atoms with E-state index in [9.17, 15) is 14.9 Å². The lowest BCUT2D eigenvalue weighted by Crippen LogP contribution is -2.46. The maximum absolute atomic E-state index is 12.3. The summed E-state index contributed by atoms with van der Waals surface area (Å²) in [5.74, 6) is 1.63. The molecule has 1 saturated heterocycles. The predicted octanol–water partition coefficient (Wildman–Crippen LogP) is 3.56. The number of piperazine rings is 1. The average Bonchev–Trinajstić information content (AvgIpc) is 3.21. The lowest BCUT2D eigenvalue weighted by molar-refractivity contribution is -0.384. The highest BCUT2D eigenvalue weighted by Crippen LogP contribution is 2.32. The van der Waals surface area contributed by atoms with Gasteiger partial charge in [-0.3, -0.25) is 19.8 Å². The molecule has 0 aliphatic carbocycles. The minimum Gasteiger partial charge on any atom is -0.454 e. The van der Waals surface area contributed by atoms with Crippen molar-refractivity contribution in [3.05, 3.63) is 63.7 Å². The van der Waals surface area contributed by atoms with Gasteiger partial charge in [-0.25, -0.2) is 0 Å². The zero-order chi connectivity index (χ0) is 20.2. The van der Waals surface area contributed by atoms with Crippen molar-refractivity contribution in [2.75, 3.05) is 39.5 Å². The smallest absolute Gasteiger partial charge is 0.269 e. The van der Waals surface area contributed by atoms with Gasteiger partial charge in [0.05, 0.1) is 4.92 Å². The second-order valence-electron chi connectivity index (χ2n) is 7.28. The first-order chi connectivity index (χ1) is 14.1. The van der Waals surface area contributed by atoms with Gasteiger partial charge in [-0.05, 0) is 29.8 Å². The molecule has 4 rings (SSSR count). The Morgan fingerprint density at radius 3 is 2.26 bits per heavy atom. The standard InChI is InChI=1S/C21H23N3O5.2ClH/c25-19(17-2-4-18(5-3-17)24(26)27)7-8-22-9-11-23(12-10-22)14-16-1-6-20-21(13-16)29-15-28-20;;/h1-6,13H,7-12,14-15H2;2*1H. The van der Waals surface area contributed by atoms with E-state index in [4.69, 9.17) is 9.47 Å². The van der Waals surface area contributed by atoms with Crippen molar-refractivity contribution in [1.29, 1.82) is 0 Å². The highest BCUT2D eigenvalue weighted by molar-refractivity contribution is 5.96. The maximum Gasteiger partial charge on any atom is 0.269 e. The third-order valence-electron chi connectivity index (χ3n) is 5.36. The van der Waals surface area contributed by atoms with Crippen LogP contribution in [0.1, 0.15) is 22.3 Å². The molecule has 0 spiro atoms. The van der Waals surface area contributed by atoms with Crippen LogP contribution in [0.5, 0.6) is 11.5 Å². The molecule has 168 valence electrons. The number of nitrogens with zero attached hydrogens (tertiary/aromatic N) is 3. The minimum atomic E-state index is -0.461. The summed E-state index contributed by atoms with van der Waals surface area (Å²) < 4.78 is 10.8. The van der Waals surface area contributed by atoms with Crippen LogP contribution in [0.4, 0.5) is 5.69 Å². The highest BCUT2D eigenvalue weighted by atomic mass is 35.5. The summed E-state index contributed by atoms with van der Waals surface area (Å²) in [6.45, 7) is 5.58.